The molecule has 2 aromatic carbocycles. The number of hydrogen-bond acceptors (Lipinski definition) is 4. The van der Waals surface area contributed by atoms with Crippen LogP contribution in [0.1, 0.15) is 11.4 Å². The van der Waals surface area contributed by atoms with E-state index in [1.807, 2.05) is 12.1 Å². The monoisotopic (exact) mass is 315 g/mol. The van der Waals surface area contributed by atoms with Gasteiger partial charge in [0.2, 0.25) is 0 Å². The molecule has 2 N–H and O–H groups in total. The minimum absolute atomic E-state index is 0.298. The third-order valence-electron chi connectivity index (χ3n) is 3.46. The number of rotatable bonds is 3. The Morgan fingerprint density at radius 3 is 2.64 bits per heavy atom. The van der Waals surface area contributed by atoms with Gasteiger partial charge in [-0.1, -0.05) is 29.8 Å². The summed E-state index contributed by atoms with van der Waals surface area (Å²) in [5.41, 5.74) is 1.18. The molecule has 0 unspecified atom stereocenters. The number of fused-ring (bicyclic) bond motifs is 1. The van der Waals surface area contributed by atoms with Crippen molar-refractivity contribution in [3.8, 4) is 5.75 Å². The zero-order valence-electron chi connectivity index (χ0n) is 11.9. The van der Waals surface area contributed by atoms with Crippen LogP contribution in [0.4, 0.5) is 0 Å². The first-order chi connectivity index (χ1) is 10.6. The molecule has 3 aromatic rings. The van der Waals surface area contributed by atoms with E-state index in [2.05, 4.69) is 4.98 Å². The van der Waals surface area contributed by atoms with Crippen LogP contribution in [0.3, 0.4) is 0 Å². The first kappa shape index (κ1) is 14.4. The summed E-state index contributed by atoms with van der Waals surface area (Å²) in [5, 5.41) is 1.09. The maximum Gasteiger partial charge on any atom is 0.279 e. The van der Waals surface area contributed by atoms with E-state index in [0.29, 0.717) is 33.9 Å². The molecule has 0 saturated carbocycles. The molecule has 1 heterocycles. The molecule has 0 bridgehead atoms. The average molecular weight is 316 g/mol. The lowest BCUT2D eigenvalue weighted by Gasteiger charge is -2.11. The van der Waals surface area contributed by atoms with E-state index in [1.165, 1.54) is 0 Å². The standard InChI is InChI=1S/C16H14ClN3O2/c1-22-13-4-2-3-12-15(13)19-14(20(18)16(12)21)9-10-5-7-11(17)8-6-10/h2-8H,9,18H2,1H3. The normalized spacial score (nSPS) is 10.8. The van der Waals surface area contributed by atoms with Gasteiger partial charge in [0.25, 0.3) is 5.56 Å². The number of nitrogens with two attached hydrogens (primary N) is 1. The Kier molecular flexibility index (Phi) is 3.73. The Balaban J connectivity index is 2.15. The van der Waals surface area contributed by atoms with Crippen molar-refractivity contribution < 1.29 is 4.74 Å². The summed E-state index contributed by atoms with van der Waals surface area (Å²) in [7, 11) is 1.54. The quantitative estimate of drug-likeness (QED) is 0.753. The number of benzene rings is 2. The largest absolute Gasteiger partial charge is 0.494 e. The number of halogens is 1. The van der Waals surface area contributed by atoms with Gasteiger partial charge in [0.05, 0.1) is 12.5 Å². The number of aromatic nitrogens is 2. The SMILES string of the molecule is COc1cccc2c(=O)n(N)c(Cc3ccc(Cl)cc3)nc12. The number of ether oxygens (including phenoxy) is 1. The third kappa shape index (κ3) is 2.51. The van der Waals surface area contributed by atoms with Crippen LogP contribution in [-0.2, 0) is 6.42 Å². The summed E-state index contributed by atoms with van der Waals surface area (Å²) in [6.45, 7) is 0. The Labute approximate surface area is 131 Å². The predicted octanol–water partition coefficient (Wildman–Crippen LogP) is 2.36. The van der Waals surface area contributed by atoms with Gasteiger partial charge in [-0.05, 0) is 29.8 Å². The summed E-state index contributed by atoms with van der Waals surface area (Å²) in [6.07, 6.45) is 0.427. The smallest absolute Gasteiger partial charge is 0.279 e. The molecule has 0 aliphatic carbocycles. The maximum atomic E-state index is 12.4. The molecule has 3 rings (SSSR count). The first-order valence-electron chi connectivity index (χ1n) is 6.68. The van der Waals surface area contributed by atoms with Crippen LogP contribution in [0.5, 0.6) is 5.75 Å². The van der Waals surface area contributed by atoms with Gasteiger partial charge in [0.1, 0.15) is 17.1 Å². The van der Waals surface area contributed by atoms with Crippen molar-refractivity contribution in [2.24, 2.45) is 0 Å². The maximum absolute atomic E-state index is 12.4. The van der Waals surface area contributed by atoms with E-state index in [4.69, 9.17) is 22.2 Å². The molecule has 0 fully saturated rings. The lowest BCUT2D eigenvalue weighted by Crippen LogP contribution is -2.31. The molecule has 0 amide bonds. The third-order valence-corrected chi connectivity index (χ3v) is 3.71. The van der Waals surface area contributed by atoms with E-state index in [0.717, 1.165) is 10.2 Å². The Hall–Kier alpha value is -2.53. The highest BCUT2D eigenvalue weighted by atomic mass is 35.5. The van der Waals surface area contributed by atoms with Crippen LogP contribution in [0.25, 0.3) is 10.9 Å². The topological polar surface area (TPSA) is 70.1 Å². The molecular weight excluding hydrogens is 302 g/mol. The highest BCUT2D eigenvalue weighted by Crippen LogP contribution is 2.21. The summed E-state index contributed by atoms with van der Waals surface area (Å²) < 4.78 is 6.35. The minimum Gasteiger partial charge on any atom is -0.494 e. The molecule has 6 heteroatoms. The molecule has 112 valence electrons. The number of methoxy groups -OCH3 is 1. The number of nitrogens with zero attached hydrogens (tertiary/aromatic N) is 2. The predicted molar refractivity (Wildman–Crippen MR) is 87.0 cm³/mol. The van der Waals surface area contributed by atoms with E-state index < -0.39 is 0 Å². The number of nitrogen functional groups attached to an aromatic ring is 1. The van der Waals surface area contributed by atoms with Gasteiger partial charge < -0.3 is 10.6 Å². The second kappa shape index (κ2) is 5.69. The molecule has 0 aliphatic rings. The Morgan fingerprint density at radius 2 is 1.95 bits per heavy atom. The summed E-state index contributed by atoms with van der Waals surface area (Å²) in [5.74, 6) is 6.90. The Bertz CT molecular complexity index is 888. The van der Waals surface area contributed by atoms with Gasteiger partial charge in [0, 0.05) is 11.4 Å². The van der Waals surface area contributed by atoms with Crippen LogP contribution < -0.4 is 16.1 Å². The van der Waals surface area contributed by atoms with Crippen molar-refractivity contribution >= 4 is 22.5 Å². The van der Waals surface area contributed by atoms with Crippen LogP contribution in [0.15, 0.2) is 47.3 Å². The van der Waals surface area contributed by atoms with E-state index in [1.54, 1.807) is 37.4 Å². The zero-order valence-corrected chi connectivity index (χ0v) is 12.7. The lowest BCUT2D eigenvalue weighted by molar-refractivity contribution is 0.418. The molecule has 22 heavy (non-hydrogen) atoms. The van der Waals surface area contributed by atoms with E-state index in [-0.39, 0.29) is 5.56 Å². The molecule has 0 aliphatic heterocycles. The first-order valence-corrected chi connectivity index (χ1v) is 7.06. The van der Waals surface area contributed by atoms with Crippen molar-refractivity contribution in [2.75, 3.05) is 13.0 Å². The fourth-order valence-electron chi connectivity index (χ4n) is 2.31. The van der Waals surface area contributed by atoms with Crippen LogP contribution in [0.2, 0.25) is 5.02 Å². The molecule has 1 aromatic heterocycles. The minimum atomic E-state index is -0.298. The number of para-hydroxylation sites is 1. The van der Waals surface area contributed by atoms with Gasteiger partial charge in [-0.2, -0.15) is 0 Å². The molecule has 5 nitrogen and oxygen atoms in total. The summed E-state index contributed by atoms with van der Waals surface area (Å²) >= 11 is 5.88. The summed E-state index contributed by atoms with van der Waals surface area (Å²) in [6, 6.07) is 12.5. The van der Waals surface area contributed by atoms with Gasteiger partial charge in [-0.15, -0.1) is 0 Å². The van der Waals surface area contributed by atoms with E-state index >= 15 is 0 Å². The highest BCUT2D eigenvalue weighted by molar-refractivity contribution is 6.30. The molecule has 0 saturated heterocycles. The summed E-state index contributed by atoms with van der Waals surface area (Å²) in [4.78, 5) is 16.9. The molecule has 0 atom stereocenters. The highest BCUT2D eigenvalue weighted by Gasteiger charge is 2.12. The Morgan fingerprint density at radius 1 is 1.23 bits per heavy atom. The van der Waals surface area contributed by atoms with Crippen molar-refractivity contribution in [1.82, 2.24) is 9.66 Å². The fourth-order valence-corrected chi connectivity index (χ4v) is 2.44. The lowest BCUT2D eigenvalue weighted by atomic mass is 10.1. The molecule has 0 spiro atoms. The van der Waals surface area contributed by atoms with Gasteiger partial charge in [-0.25, -0.2) is 9.66 Å². The van der Waals surface area contributed by atoms with Crippen LogP contribution in [-0.4, -0.2) is 16.8 Å². The van der Waals surface area contributed by atoms with Crippen molar-refractivity contribution in [3.63, 3.8) is 0 Å². The fraction of sp³-hybridized carbons (Fsp3) is 0.125. The van der Waals surface area contributed by atoms with Crippen LogP contribution >= 0.6 is 11.6 Å². The van der Waals surface area contributed by atoms with Crippen LogP contribution in [0, 0.1) is 0 Å². The van der Waals surface area contributed by atoms with E-state index in [9.17, 15) is 4.79 Å². The number of hydrogen-bond donors (Lipinski definition) is 1. The van der Waals surface area contributed by atoms with Gasteiger partial charge >= 0.3 is 0 Å². The molecule has 0 radical (unpaired) electrons. The second-order valence-corrected chi connectivity index (χ2v) is 5.30. The van der Waals surface area contributed by atoms with Gasteiger partial charge in [-0.3, -0.25) is 4.79 Å². The second-order valence-electron chi connectivity index (χ2n) is 4.86. The van der Waals surface area contributed by atoms with Gasteiger partial charge in [0.15, 0.2) is 0 Å². The van der Waals surface area contributed by atoms with Crippen molar-refractivity contribution in [1.29, 1.82) is 0 Å². The van der Waals surface area contributed by atoms with Crippen molar-refractivity contribution in [2.45, 2.75) is 6.42 Å². The molecular formula is C16H14ClN3O2. The van der Waals surface area contributed by atoms with Crippen molar-refractivity contribution in [3.05, 3.63) is 69.2 Å². The zero-order chi connectivity index (χ0) is 15.7. The average Bonchev–Trinajstić information content (AvgIpc) is 2.54.